The van der Waals surface area contributed by atoms with Gasteiger partial charge in [-0.15, -0.1) is 0 Å². The second-order valence-electron chi connectivity index (χ2n) is 7.69. The van der Waals surface area contributed by atoms with Crippen molar-refractivity contribution in [2.24, 2.45) is 5.92 Å². The monoisotopic (exact) mass is 383 g/mol. The van der Waals surface area contributed by atoms with Crippen molar-refractivity contribution in [3.05, 3.63) is 48.7 Å². The van der Waals surface area contributed by atoms with Gasteiger partial charge < -0.3 is 19.5 Å². The van der Waals surface area contributed by atoms with Crippen molar-refractivity contribution in [1.82, 2.24) is 20.1 Å². The van der Waals surface area contributed by atoms with E-state index in [9.17, 15) is 4.79 Å². The van der Waals surface area contributed by atoms with Gasteiger partial charge in [0.2, 0.25) is 0 Å². The number of carbonyl (C=O) groups excluding carboxylic acids is 1. The number of hydrogen-bond donors (Lipinski definition) is 1. The van der Waals surface area contributed by atoms with Gasteiger partial charge >= 0.3 is 6.03 Å². The molecule has 2 saturated heterocycles. The van der Waals surface area contributed by atoms with Gasteiger partial charge in [-0.1, -0.05) is 0 Å². The third-order valence-corrected chi connectivity index (χ3v) is 5.70. The highest BCUT2D eigenvalue weighted by molar-refractivity contribution is 5.74. The highest BCUT2D eigenvalue weighted by atomic mass is 16.3. The molecule has 150 valence electrons. The zero-order valence-corrected chi connectivity index (χ0v) is 16.3. The molecule has 0 spiro atoms. The van der Waals surface area contributed by atoms with Gasteiger partial charge in [0, 0.05) is 57.3 Å². The topological polar surface area (TPSA) is 64.9 Å². The molecule has 4 heterocycles. The minimum atomic E-state index is 0.0672. The van der Waals surface area contributed by atoms with E-state index in [4.69, 9.17) is 4.42 Å². The Hall–Kier alpha value is -2.54. The third kappa shape index (κ3) is 4.84. The largest absolute Gasteiger partial charge is 0.468 e. The summed E-state index contributed by atoms with van der Waals surface area (Å²) >= 11 is 0. The molecule has 2 aromatic heterocycles. The number of pyridine rings is 1. The van der Waals surface area contributed by atoms with Gasteiger partial charge in [-0.05, 0) is 49.6 Å². The molecule has 1 N–H and O–H groups in total. The number of furan rings is 1. The Morgan fingerprint density at radius 3 is 2.71 bits per heavy atom. The Morgan fingerprint density at radius 2 is 1.96 bits per heavy atom. The van der Waals surface area contributed by atoms with Crippen molar-refractivity contribution < 1.29 is 9.21 Å². The van der Waals surface area contributed by atoms with Gasteiger partial charge in [-0.3, -0.25) is 9.88 Å². The lowest BCUT2D eigenvalue weighted by Crippen LogP contribution is -2.53. The van der Waals surface area contributed by atoms with E-state index >= 15 is 0 Å². The van der Waals surface area contributed by atoms with Crippen LogP contribution in [0.1, 0.15) is 18.6 Å². The number of amides is 2. The van der Waals surface area contributed by atoms with Crippen molar-refractivity contribution in [2.75, 3.05) is 50.7 Å². The first kappa shape index (κ1) is 18.8. The number of rotatable bonds is 5. The molecule has 2 fully saturated rings. The molecular formula is C21H29N5O2. The maximum absolute atomic E-state index is 12.6. The lowest BCUT2D eigenvalue weighted by molar-refractivity contribution is 0.151. The smallest absolute Gasteiger partial charge is 0.317 e. The lowest BCUT2D eigenvalue weighted by atomic mass is 9.98. The van der Waals surface area contributed by atoms with Crippen LogP contribution in [0.25, 0.3) is 0 Å². The minimum Gasteiger partial charge on any atom is -0.468 e. The third-order valence-electron chi connectivity index (χ3n) is 5.70. The molecule has 0 aliphatic carbocycles. The molecule has 28 heavy (non-hydrogen) atoms. The van der Waals surface area contributed by atoms with Crippen LogP contribution in [0.3, 0.4) is 0 Å². The van der Waals surface area contributed by atoms with Gasteiger partial charge in [-0.2, -0.15) is 0 Å². The second kappa shape index (κ2) is 9.10. The highest BCUT2D eigenvalue weighted by Gasteiger charge is 2.24. The predicted octanol–water partition coefficient (Wildman–Crippen LogP) is 2.42. The van der Waals surface area contributed by atoms with Crippen molar-refractivity contribution in [2.45, 2.75) is 19.4 Å². The Morgan fingerprint density at radius 1 is 1.14 bits per heavy atom. The second-order valence-corrected chi connectivity index (χ2v) is 7.69. The number of likely N-dealkylation sites (tertiary alicyclic amines) is 1. The van der Waals surface area contributed by atoms with Gasteiger partial charge in [-0.25, -0.2) is 4.79 Å². The van der Waals surface area contributed by atoms with Gasteiger partial charge in [0.1, 0.15) is 5.76 Å². The van der Waals surface area contributed by atoms with Crippen molar-refractivity contribution >= 4 is 11.7 Å². The van der Waals surface area contributed by atoms with Crippen molar-refractivity contribution in [3.8, 4) is 0 Å². The number of hydrogen-bond acceptors (Lipinski definition) is 5. The number of nitrogens with one attached hydrogen (secondary N) is 1. The summed E-state index contributed by atoms with van der Waals surface area (Å²) in [6.45, 7) is 6.94. The average molecular weight is 383 g/mol. The van der Waals surface area contributed by atoms with Crippen molar-refractivity contribution in [3.63, 3.8) is 0 Å². The molecule has 7 heteroatoms. The molecule has 2 aromatic rings. The van der Waals surface area contributed by atoms with Gasteiger partial charge in [0.25, 0.3) is 0 Å². The first-order chi connectivity index (χ1) is 13.8. The van der Waals surface area contributed by atoms with E-state index in [-0.39, 0.29) is 6.03 Å². The van der Waals surface area contributed by atoms with Crippen LogP contribution in [0.15, 0.2) is 47.3 Å². The Labute approximate surface area is 166 Å². The predicted molar refractivity (Wildman–Crippen MR) is 108 cm³/mol. The number of piperidine rings is 1. The fourth-order valence-corrected chi connectivity index (χ4v) is 4.15. The summed E-state index contributed by atoms with van der Waals surface area (Å²) in [6.07, 6.45) is 7.70. The Kier molecular flexibility index (Phi) is 6.11. The van der Waals surface area contributed by atoms with Crippen LogP contribution < -0.4 is 10.2 Å². The number of nitrogens with zero attached hydrogens (tertiary/aromatic N) is 4. The van der Waals surface area contributed by atoms with Crippen LogP contribution in [-0.4, -0.2) is 66.6 Å². The minimum absolute atomic E-state index is 0.0672. The van der Waals surface area contributed by atoms with E-state index in [1.165, 1.54) is 18.5 Å². The summed E-state index contributed by atoms with van der Waals surface area (Å²) in [5.74, 6) is 1.52. The molecule has 1 atom stereocenters. The molecule has 7 nitrogen and oxygen atoms in total. The zero-order chi connectivity index (χ0) is 19.2. The maximum Gasteiger partial charge on any atom is 0.317 e. The molecule has 1 unspecified atom stereocenters. The number of anilines is 1. The van der Waals surface area contributed by atoms with E-state index < -0.39 is 0 Å². The van der Waals surface area contributed by atoms with Gasteiger partial charge in [0.05, 0.1) is 12.8 Å². The molecule has 0 aromatic carbocycles. The Balaban J connectivity index is 1.19. The highest BCUT2D eigenvalue weighted by Crippen LogP contribution is 2.19. The lowest BCUT2D eigenvalue weighted by Gasteiger charge is -2.37. The summed E-state index contributed by atoms with van der Waals surface area (Å²) in [5.41, 5.74) is 1.17. The standard InChI is InChI=1S/C21H29N5O2/c27-21(26-12-10-25(11-13-26)19-5-7-22-8-6-19)23-15-18-3-1-9-24(16-18)17-20-4-2-14-28-20/h2,4-8,14,18H,1,3,9-13,15-17H2,(H,23,27). The molecule has 2 amide bonds. The van der Waals surface area contributed by atoms with Crippen LogP contribution in [-0.2, 0) is 6.54 Å². The fraction of sp³-hybridized carbons (Fsp3) is 0.524. The van der Waals surface area contributed by atoms with Crippen LogP contribution >= 0.6 is 0 Å². The molecule has 2 aliphatic rings. The number of urea groups is 1. The molecule has 0 radical (unpaired) electrons. The van der Waals surface area contributed by atoms with Crippen molar-refractivity contribution in [1.29, 1.82) is 0 Å². The van der Waals surface area contributed by atoms with Crippen LogP contribution in [0.4, 0.5) is 10.5 Å². The fourth-order valence-electron chi connectivity index (χ4n) is 4.15. The zero-order valence-electron chi connectivity index (χ0n) is 16.3. The SMILES string of the molecule is O=C(NCC1CCCN(Cc2ccco2)C1)N1CCN(c2ccncc2)CC1. The molecular weight excluding hydrogens is 354 g/mol. The summed E-state index contributed by atoms with van der Waals surface area (Å²) < 4.78 is 5.46. The Bertz CT molecular complexity index is 729. The van der Waals surface area contributed by atoms with E-state index in [1.54, 1.807) is 6.26 Å². The number of piperazine rings is 1. The normalized spacial score (nSPS) is 20.9. The maximum atomic E-state index is 12.6. The van der Waals surface area contributed by atoms with Crippen LogP contribution in [0, 0.1) is 5.92 Å². The summed E-state index contributed by atoms with van der Waals surface area (Å²) in [4.78, 5) is 23.3. The number of aromatic nitrogens is 1. The van der Waals surface area contributed by atoms with E-state index in [1.807, 2.05) is 41.6 Å². The summed E-state index contributed by atoms with van der Waals surface area (Å²) in [5, 5.41) is 3.16. The first-order valence-corrected chi connectivity index (χ1v) is 10.2. The molecule has 0 saturated carbocycles. The molecule has 0 bridgehead atoms. The summed E-state index contributed by atoms with van der Waals surface area (Å²) in [7, 11) is 0. The van der Waals surface area contributed by atoms with Crippen LogP contribution in [0.2, 0.25) is 0 Å². The molecule has 2 aliphatic heterocycles. The summed E-state index contributed by atoms with van der Waals surface area (Å²) in [6, 6.07) is 8.07. The first-order valence-electron chi connectivity index (χ1n) is 10.2. The quantitative estimate of drug-likeness (QED) is 0.859. The van der Waals surface area contributed by atoms with Crippen LogP contribution in [0.5, 0.6) is 0 Å². The number of carbonyl (C=O) groups is 1. The molecule has 4 rings (SSSR count). The van der Waals surface area contributed by atoms with E-state index in [0.29, 0.717) is 5.92 Å². The van der Waals surface area contributed by atoms with Gasteiger partial charge in [0.15, 0.2) is 0 Å². The van der Waals surface area contributed by atoms with E-state index in [2.05, 4.69) is 20.1 Å². The van der Waals surface area contributed by atoms with E-state index in [0.717, 1.165) is 58.1 Å². The average Bonchev–Trinajstić information content (AvgIpc) is 3.26.